The molecule has 1 aromatic carbocycles. The molecular formula is C21H13F6N3OS. The number of amides is 1. The average Bonchev–Trinajstić information content (AvgIpc) is 3.38. The lowest BCUT2D eigenvalue weighted by atomic mass is 10.1. The van der Waals surface area contributed by atoms with E-state index in [1.807, 2.05) is 0 Å². The Balaban J connectivity index is 1.92. The molecular weight excluding hydrogens is 456 g/mol. The molecule has 4 aromatic rings. The van der Waals surface area contributed by atoms with Crippen LogP contribution in [0.4, 0.5) is 26.3 Å². The molecule has 4 nitrogen and oxygen atoms in total. The van der Waals surface area contributed by atoms with Gasteiger partial charge in [-0.3, -0.25) is 9.20 Å². The van der Waals surface area contributed by atoms with E-state index in [0.717, 1.165) is 12.3 Å². The van der Waals surface area contributed by atoms with Gasteiger partial charge in [0, 0.05) is 11.1 Å². The van der Waals surface area contributed by atoms with Crippen LogP contribution in [0.1, 0.15) is 26.6 Å². The van der Waals surface area contributed by atoms with E-state index in [0.29, 0.717) is 9.28 Å². The number of fused-ring (bicyclic) bond motifs is 1. The van der Waals surface area contributed by atoms with Crippen molar-refractivity contribution in [1.82, 2.24) is 14.7 Å². The number of aromatic nitrogens is 2. The van der Waals surface area contributed by atoms with Crippen LogP contribution in [0.25, 0.3) is 16.8 Å². The van der Waals surface area contributed by atoms with Gasteiger partial charge in [0.15, 0.2) is 17.0 Å². The van der Waals surface area contributed by atoms with E-state index in [1.54, 1.807) is 35.7 Å². The number of carbonyl (C=O) groups is 1. The van der Waals surface area contributed by atoms with Crippen LogP contribution in [-0.2, 0) is 18.9 Å². The zero-order chi connectivity index (χ0) is 23.1. The number of hydrogen-bond donors (Lipinski definition) is 1. The highest BCUT2D eigenvalue weighted by Gasteiger charge is 2.43. The Morgan fingerprint density at radius 3 is 2.28 bits per heavy atom. The lowest BCUT2D eigenvalue weighted by molar-refractivity contribution is -0.143. The minimum Gasteiger partial charge on any atom is -0.346 e. The van der Waals surface area contributed by atoms with Gasteiger partial charge in [-0.15, -0.1) is 11.3 Å². The summed E-state index contributed by atoms with van der Waals surface area (Å²) in [6.07, 6.45) is -9.22. The largest absolute Gasteiger partial charge is 0.434 e. The molecule has 0 bridgehead atoms. The number of pyridine rings is 1. The second-order valence-electron chi connectivity index (χ2n) is 6.77. The fourth-order valence-corrected chi connectivity index (χ4v) is 3.88. The van der Waals surface area contributed by atoms with Gasteiger partial charge in [0.05, 0.1) is 12.1 Å². The van der Waals surface area contributed by atoms with Crippen molar-refractivity contribution in [3.63, 3.8) is 0 Å². The van der Waals surface area contributed by atoms with Gasteiger partial charge in [0.1, 0.15) is 0 Å². The maximum absolute atomic E-state index is 13.9. The fraction of sp³-hybridized carbons (Fsp3) is 0.143. The van der Waals surface area contributed by atoms with Crippen LogP contribution < -0.4 is 5.32 Å². The minimum absolute atomic E-state index is 0.0803. The molecule has 32 heavy (non-hydrogen) atoms. The van der Waals surface area contributed by atoms with Gasteiger partial charge in [0.25, 0.3) is 5.91 Å². The normalized spacial score (nSPS) is 12.3. The molecule has 0 atom stereocenters. The maximum atomic E-state index is 13.9. The number of alkyl halides is 6. The number of benzene rings is 1. The maximum Gasteiger partial charge on any atom is 0.434 e. The van der Waals surface area contributed by atoms with Crippen molar-refractivity contribution in [2.24, 2.45) is 0 Å². The molecule has 1 N–H and O–H groups in total. The van der Waals surface area contributed by atoms with Crippen LogP contribution in [0.5, 0.6) is 0 Å². The minimum atomic E-state index is -5.13. The Bertz CT molecular complexity index is 1260. The summed E-state index contributed by atoms with van der Waals surface area (Å²) in [6.45, 7) is -0.0803. The van der Waals surface area contributed by atoms with E-state index in [1.165, 1.54) is 23.5 Å². The van der Waals surface area contributed by atoms with Crippen molar-refractivity contribution in [2.45, 2.75) is 18.9 Å². The van der Waals surface area contributed by atoms with Crippen molar-refractivity contribution in [1.29, 1.82) is 0 Å². The highest BCUT2D eigenvalue weighted by molar-refractivity contribution is 7.09. The first-order chi connectivity index (χ1) is 15.1. The van der Waals surface area contributed by atoms with Gasteiger partial charge < -0.3 is 5.32 Å². The molecule has 0 unspecified atom stereocenters. The topological polar surface area (TPSA) is 46.4 Å². The smallest absolute Gasteiger partial charge is 0.346 e. The number of hydrogen-bond acceptors (Lipinski definition) is 3. The second-order valence-corrected chi connectivity index (χ2v) is 7.80. The van der Waals surface area contributed by atoms with E-state index in [-0.39, 0.29) is 17.7 Å². The van der Waals surface area contributed by atoms with E-state index in [2.05, 4.69) is 10.3 Å². The van der Waals surface area contributed by atoms with Crippen LogP contribution in [0, 0.1) is 0 Å². The quantitative estimate of drug-likeness (QED) is 0.371. The summed E-state index contributed by atoms with van der Waals surface area (Å²) >= 11 is 1.27. The number of thiophene rings is 1. The third-order valence-corrected chi connectivity index (χ3v) is 5.50. The van der Waals surface area contributed by atoms with E-state index in [4.69, 9.17) is 0 Å². The predicted molar refractivity (Wildman–Crippen MR) is 106 cm³/mol. The standard InChI is InChI=1S/C21H13F6N3OS/c22-20(23,24)15-9-13(12-5-2-1-3-6-12)11-30-17(21(25,26)27)16(29-18(15)30)19(31)28-10-14-7-4-8-32-14/h1-9,11H,10H2,(H,28,31). The monoisotopic (exact) mass is 469 g/mol. The molecule has 3 heterocycles. The van der Waals surface area contributed by atoms with Gasteiger partial charge in [-0.05, 0) is 28.6 Å². The van der Waals surface area contributed by atoms with Crippen LogP contribution in [-0.4, -0.2) is 15.3 Å². The molecule has 0 spiro atoms. The van der Waals surface area contributed by atoms with Crippen molar-refractivity contribution in [3.05, 3.63) is 81.9 Å². The van der Waals surface area contributed by atoms with Gasteiger partial charge in [0.2, 0.25) is 0 Å². The summed E-state index contributed by atoms with van der Waals surface area (Å²) < 4.78 is 83.3. The summed E-state index contributed by atoms with van der Waals surface area (Å²) in [5.41, 5.74) is -4.87. The molecule has 0 aliphatic rings. The van der Waals surface area contributed by atoms with Crippen LogP contribution in [0.2, 0.25) is 0 Å². The zero-order valence-corrected chi connectivity index (χ0v) is 16.8. The molecule has 1 amide bonds. The molecule has 0 saturated carbocycles. The number of halogens is 6. The lowest BCUT2D eigenvalue weighted by Crippen LogP contribution is -2.26. The highest BCUT2D eigenvalue weighted by Crippen LogP contribution is 2.39. The fourth-order valence-electron chi connectivity index (χ4n) is 3.24. The van der Waals surface area contributed by atoms with Crippen molar-refractivity contribution in [3.8, 4) is 11.1 Å². The molecule has 0 radical (unpaired) electrons. The lowest BCUT2D eigenvalue weighted by Gasteiger charge is -2.13. The van der Waals surface area contributed by atoms with E-state index < -0.39 is 40.9 Å². The summed E-state index contributed by atoms with van der Waals surface area (Å²) in [5.74, 6) is -1.22. The van der Waals surface area contributed by atoms with Crippen molar-refractivity contribution in [2.75, 3.05) is 0 Å². The molecule has 4 rings (SSSR count). The Hall–Kier alpha value is -3.34. The Labute approximate surface area is 181 Å². The first kappa shape index (κ1) is 21.9. The molecule has 11 heteroatoms. The summed E-state index contributed by atoms with van der Waals surface area (Å²) in [4.78, 5) is 16.7. The molecule has 166 valence electrons. The van der Waals surface area contributed by atoms with Gasteiger partial charge in [-0.2, -0.15) is 26.3 Å². The molecule has 0 aliphatic heterocycles. The SMILES string of the molecule is O=C(NCc1cccs1)c1nc2c(C(F)(F)F)cc(-c3ccccc3)cn2c1C(F)(F)F. The summed E-state index contributed by atoms with van der Waals surface area (Å²) in [7, 11) is 0. The van der Waals surface area contributed by atoms with E-state index >= 15 is 0 Å². The first-order valence-corrected chi connectivity index (χ1v) is 10.00. The summed E-state index contributed by atoms with van der Waals surface area (Å²) in [6, 6.07) is 11.8. The van der Waals surface area contributed by atoms with Gasteiger partial charge >= 0.3 is 12.4 Å². The van der Waals surface area contributed by atoms with Gasteiger partial charge in [-0.25, -0.2) is 4.98 Å². The Morgan fingerprint density at radius 1 is 0.969 bits per heavy atom. The van der Waals surface area contributed by atoms with Gasteiger partial charge in [-0.1, -0.05) is 36.4 Å². The Morgan fingerprint density at radius 2 is 1.69 bits per heavy atom. The number of nitrogens with one attached hydrogen (secondary N) is 1. The molecule has 0 fully saturated rings. The predicted octanol–water partition coefficient (Wildman–Crippen LogP) is 6.03. The zero-order valence-electron chi connectivity index (χ0n) is 16.0. The highest BCUT2D eigenvalue weighted by atomic mass is 32.1. The van der Waals surface area contributed by atoms with Crippen LogP contribution >= 0.6 is 11.3 Å². The molecule has 0 aliphatic carbocycles. The summed E-state index contributed by atoms with van der Waals surface area (Å²) in [5, 5.41) is 4.01. The van der Waals surface area contributed by atoms with Crippen molar-refractivity contribution >= 4 is 22.9 Å². The van der Waals surface area contributed by atoms with Crippen LogP contribution in [0.3, 0.4) is 0 Å². The van der Waals surface area contributed by atoms with Crippen molar-refractivity contribution < 1.29 is 31.1 Å². The van der Waals surface area contributed by atoms with Crippen LogP contribution in [0.15, 0.2) is 60.1 Å². The third kappa shape index (κ3) is 4.20. The van der Waals surface area contributed by atoms with E-state index in [9.17, 15) is 31.1 Å². The molecule has 3 aromatic heterocycles. The Kier molecular flexibility index (Phi) is 5.45. The number of rotatable bonds is 4. The second kappa shape index (κ2) is 7.97. The number of nitrogens with zero attached hydrogens (tertiary/aromatic N) is 2. The number of carbonyl (C=O) groups excluding carboxylic acids is 1. The third-order valence-electron chi connectivity index (χ3n) is 4.62. The first-order valence-electron chi connectivity index (χ1n) is 9.12. The average molecular weight is 469 g/mol. The molecule has 0 saturated heterocycles. The number of imidazole rings is 1.